The molecule has 1 heterocycles. The summed E-state index contributed by atoms with van der Waals surface area (Å²) < 4.78 is 5.23. The molecule has 1 fully saturated rings. The first-order valence-corrected chi connectivity index (χ1v) is 10.6. The summed E-state index contributed by atoms with van der Waals surface area (Å²) in [6.45, 7) is 5.88. The van der Waals surface area contributed by atoms with Crippen LogP contribution in [0, 0.1) is 5.92 Å². The molecule has 1 saturated heterocycles. The largest absolute Gasteiger partial charge is 0.497 e. The van der Waals surface area contributed by atoms with E-state index in [-0.39, 0.29) is 5.91 Å². The molecule has 0 aromatic heterocycles. The molecule has 2 aromatic rings. The van der Waals surface area contributed by atoms with Gasteiger partial charge in [-0.2, -0.15) is 0 Å². The van der Waals surface area contributed by atoms with Crippen molar-refractivity contribution in [2.24, 2.45) is 5.92 Å². The molecule has 2 aromatic carbocycles. The Morgan fingerprint density at radius 2 is 1.86 bits per heavy atom. The number of nitrogens with one attached hydrogen (secondary N) is 2. The van der Waals surface area contributed by atoms with Crippen LogP contribution in [-0.2, 0) is 11.2 Å². The quantitative estimate of drug-likeness (QED) is 0.671. The summed E-state index contributed by atoms with van der Waals surface area (Å²) in [4.78, 5) is 14.5. The second-order valence-electron chi connectivity index (χ2n) is 7.84. The lowest BCUT2D eigenvalue weighted by atomic mass is 9.99. The standard InChI is InChI=1S/C24H33N3O2/c1-19-12-16-27(17-13-19)22-8-6-21(7-9-22)25-15-11-24(28)26-14-10-20-4-3-5-23(18-20)29-2/h3-9,18-19,25H,10-17H2,1-2H3,(H,26,28). The molecular formula is C24H33N3O2. The second kappa shape index (κ2) is 10.7. The zero-order valence-electron chi connectivity index (χ0n) is 17.6. The maximum atomic E-state index is 12.1. The van der Waals surface area contributed by atoms with Crippen LogP contribution >= 0.6 is 0 Å². The van der Waals surface area contributed by atoms with Crippen LogP contribution in [0.2, 0.25) is 0 Å². The minimum atomic E-state index is 0.0689. The number of anilines is 2. The molecule has 1 aliphatic rings. The van der Waals surface area contributed by atoms with Crippen LogP contribution in [-0.4, -0.2) is 39.2 Å². The van der Waals surface area contributed by atoms with E-state index in [0.717, 1.165) is 42.4 Å². The van der Waals surface area contributed by atoms with Crippen molar-refractivity contribution >= 4 is 17.3 Å². The zero-order valence-corrected chi connectivity index (χ0v) is 17.6. The van der Waals surface area contributed by atoms with Crippen LogP contribution in [0.1, 0.15) is 31.7 Å². The van der Waals surface area contributed by atoms with E-state index < -0.39 is 0 Å². The Balaban J connectivity index is 1.33. The van der Waals surface area contributed by atoms with Crippen molar-refractivity contribution in [1.29, 1.82) is 0 Å². The first-order chi connectivity index (χ1) is 14.1. The van der Waals surface area contributed by atoms with Gasteiger partial charge in [0.2, 0.25) is 5.91 Å². The smallest absolute Gasteiger partial charge is 0.221 e. The molecular weight excluding hydrogens is 362 g/mol. The van der Waals surface area contributed by atoms with Gasteiger partial charge in [0.05, 0.1) is 7.11 Å². The maximum absolute atomic E-state index is 12.1. The maximum Gasteiger partial charge on any atom is 0.221 e. The molecule has 0 radical (unpaired) electrons. The molecule has 0 saturated carbocycles. The van der Waals surface area contributed by atoms with Gasteiger partial charge in [0.25, 0.3) is 0 Å². The summed E-state index contributed by atoms with van der Waals surface area (Å²) >= 11 is 0. The Bertz CT molecular complexity index is 768. The van der Waals surface area contributed by atoms with Gasteiger partial charge < -0.3 is 20.3 Å². The van der Waals surface area contributed by atoms with Gasteiger partial charge in [0, 0.05) is 44.0 Å². The number of hydrogen-bond acceptors (Lipinski definition) is 4. The number of carbonyl (C=O) groups excluding carboxylic acids is 1. The number of ether oxygens (including phenoxy) is 1. The number of piperidine rings is 1. The molecule has 0 aliphatic carbocycles. The topological polar surface area (TPSA) is 53.6 Å². The first kappa shape index (κ1) is 21.0. The Hall–Kier alpha value is -2.69. The highest BCUT2D eigenvalue weighted by molar-refractivity contribution is 5.76. The third-order valence-corrected chi connectivity index (χ3v) is 5.57. The van der Waals surface area contributed by atoms with Crippen LogP contribution in [0.4, 0.5) is 11.4 Å². The van der Waals surface area contributed by atoms with Crippen molar-refractivity contribution in [1.82, 2.24) is 5.32 Å². The van der Waals surface area contributed by atoms with Crippen LogP contribution in [0.5, 0.6) is 5.75 Å². The van der Waals surface area contributed by atoms with Gasteiger partial charge in [-0.1, -0.05) is 19.1 Å². The highest BCUT2D eigenvalue weighted by atomic mass is 16.5. The van der Waals surface area contributed by atoms with E-state index in [0.29, 0.717) is 19.5 Å². The molecule has 0 bridgehead atoms. The van der Waals surface area contributed by atoms with Crippen molar-refractivity contribution in [2.75, 3.05) is 43.5 Å². The van der Waals surface area contributed by atoms with Gasteiger partial charge in [0.1, 0.15) is 5.75 Å². The molecule has 0 unspecified atom stereocenters. The lowest BCUT2D eigenvalue weighted by Gasteiger charge is -2.32. The van der Waals surface area contributed by atoms with E-state index in [4.69, 9.17) is 4.74 Å². The third-order valence-electron chi connectivity index (χ3n) is 5.57. The second-order valence-corrected chi connectivity index (χ2v) is 7.84. The molecule has 1 amide bonds. The summed E-state index contributed by atoms with van der Waals surface area (Å²) in [7, 11) is 1.66. The van der Waals surface area contributed by atoms with E-state index in [1.54, 1.807) is 7.11 Å². The first-order valence-electron chi connectivity index (χ1n) is 10.6. The average molecular weight is 396 g/mol. The van der Waals surface area contributed by atoms with Crippen molar-refractivity contribution in [2.45, 2.75) is 32.6 Å². The number of benzene rings is 2. The van der Waals surface area contributed by atoms with E-state index >= 15 is 0 Å². The lowest BCUT2D eigenvalue weighted by molar-refractivity contribution is -0.120. The molecule has 1 aliphatic heterocycles. The van der Waals surface area contributed by atoms with Crippen LogP contribution in [0.25, 0.3) is 0 Å². The summed E-state index contributed by atoms with van der Waals surface area (Å²) in [5.41, 5.74) is 3.51. The molecule has 29 heavy (non-hydrogen) atoms. The Labute approximate surface area is 174 Å². The van der Waals surface area contributed by atoms with Crippen molar-refractivity contribution in [3.63, 3.8) is 0 Å². The molecule has 3 rings (SSSR count). The average Bonchev–Trinajstić information content (AvgIpc) is 2.75. The highest BCUT2D eigenvalue weighted by Gasteiger charge is 2.15. The molecule has 0 spiro atoms. The predicted octanol–water partition coefficient (Wildman–Crippen LogP) is 4.09. The predicted molar refractivity (Wildman–Crippen MR) is 120 cm³/mol. The Morgan fingerprint density at radius 3 is 2.59 bits per heavy atom. The fraction of sp³-hybridized carbons (Fsp3) is 0.458. The minimum Gasteiger partial charge on any atom is -0.497 e. The molecule has 5 heteroatoms. The normalized spacial score (nSPS) is 14.5. The molecule has 156 valence electrons. The number of hydrogen-bond donors (Lipinski definition) is 2. The summed E-state index contributed by atoms with van der Waals surface area (Å²) in [6, 6.07) is 16.5. The fourth-order valence-electron chi connectivity index (χ4n) is 3.64. The van der Waals surface area contributed by atoms with Crippen molar-refractivity contribution in [3.05, 3.63) is 54.1 Å². The number of carbonyl (C=O) groups is 1. The molecule has 0 atom stereocenters. The zero-order chi connectivity index (χ0) is 20.5. The Kier molecular flexibility index (Phi) is 7.79. The monoisotopic (exact) mass is 395 g/mol. The number of nitrogens with zero attached hydrogens (tertiary/aromatic N) is 1. The van der Waals surface area contributed by atoms with Gasteiger partial charge in [-0.3, -0.25) is 4.79 Å². The van der Waals surface area contributed by atoms with Gasteiger partial charge in [-0.05, 0) is 67.1 Å². The minimum absolute atomic E-state index is 0.0689. The number of amides is 1. The molecule has 5 nitrogen and oxygen atoms in total. The van der Waals surface area contributed by atoms with E-state index in [1.165, 1.54) is 18.5 Å². The number of rotatable bonds is 9. The van der Waals surface area contributed by atoms with Gasteiger partial charge in [0.15, 0.2) is 0 Å². The number of methoxy groups -OCH3 is 1. The van der Waals surface area contributed by atoms with Crippen molar-refractivity contribution < 1.29 is 9.53 Å². The van der Waals surface area contributed by atoms with Crippen LogP contribution in [0.15, 0.2) is 48.5 Å². The van der Waals surface area contributed by atoms with Gasteiger partial charge >= 0.3 is 0 Å². The fourth-order valence-corrected chi connectivity index (χ4v) is 3.64. The van der Waals surface area contributed by atoms with Crippen molar-refractivity contribution in [3.8, 4) is 5.75 Å². The van der Waals surface area contributed by atoms with Gasteiger partial charge in [-0.15, -0.1) is 0 Å². The van der Waals surface area contributed by atoms with Crippen LogP contribution in [0.3, 0.4) is 0 Å². The lowest BCUT2D eigenvalue weighted by Crippen LogP contribution is -2.32. The molecule has 2 N–H and O–H groups in total. The van der Waals surface area contributed by atoms with E-state index in [9.17, 15) is 4.79 Å². The highest BCUT2D eigenvalue weighted by Crippen LogP contribution is 2.24. The third kappa shape index (κ3) is 6.70. The van der Waals surface area contributed by atoms with Crippen LogP contribution < -0.4 is 20.3 Å². The SMILES string of the molecule is COc1cccc(CCNC(=O)CCNc2ccc(N3CCC(C)CC3)cc2)c1. The van der Waals surface area contributed by atoms with E-state index in [1.807, 2.05) is 24.3 Å². The van der Waals surface area contributed by atoms with Gasteiger partial charge in [-0.25, -0.2) is 0 Å². The van der Waals surface area contributed by atoms with E-state index in [2.05, 4.69) is 46.7 Å². The Morgan fingerprint density at radius 1 is 1.10 bits per heavy atom. The summed E-state index contributed by atoms with van der Waals surface area (Å²) in [5, 5.41) is 6.32. The summed E-state index contributed by atoms with van der Waals surface area (Å²) in [5.74, 6) is 1.76. The summed E-state index contributed by atoms with van der Waals surface area (Å²) in [6.07, 6.45) is 3.80.